The molecule has 4 aromatic carbocycles. The minimum atomic E-state index is -0.925. The molecule has 0 spiro atoms. The molecule has 4 heterocycles. The van der Waals surface area contributed by atoms with Crippen molar-refractivity contribution in [3.8, 4) is 70.3 Å². The summed E-state index contributed by atoms with van der Waals surface area (Å²) >= 11 is 0. The van der Waals surface area contributed by atoms with Crippen molar-refractivity contribution in [3.05, 3.63) is 134 Å². The van der Waals surface area contributed by atoms with Crippen LogP contribution in [-0.4, -0.2) is 167 Å². The molecule has 0 unspecified atom stereocenters. The van der Waals surface area contributed by atoms with Crippen LogP contribution in [0.15, 0.2) is 70.8 Å². The fraction of sp³-hybridized carbons (Fsp3) is 0.322. The highest BCUT2D eigenvalue weighted by Gasteiger charge is 2.32. The smallest absolute Gasteiger partial charge is 0.315 e. The van der Waals surface area contributed by atoms with E-state index in [0.717, 1.165) is 87.4 Å². The lowest BCUT2D eigenvalue weighted by Gasteiger charge is -2.30. The number of amides is 4. The van der Waals surface area contributed by atoms with Crippen LogP contribution in [0.25, 0.3) is 22.8 Å². The molecule has 4 fully saturated rings. The maximum Gasteiger partial charge on any atom is 0.315 e. The van der Waals surface area contributed by atoms with E-state index in [1.165, 1.54) is 35.0 Å². The van der Waals surface area contributed by atoms with Crippen LogP contribution in [0.1, 0.15) is 73.6 Å². The molecule has 0 aliphatic carbocycles. The maximum atomic E-state index is 12.6. The van der Waals surface area contributed by atoms with Crippen LogP contribution >= 0.6 is 0 Å². The van der Waals surface area contributed by atoms with E-state index in [0.29, 0.717) is 58.8 Å². The number of carbonyl (C=O) groups is 4. The van der Waals surface area contributed by atoms with Gasteiger partial charge in [-0.25, -0.2) is 0 Å². The zero-order chi connectivity index (χ0) is 71.4. The first-order chi connectivity index (χ1) is 45.5. The van der Waals surface area contributed by atoms with Gasteiger partial charge < -0.3 is 87.4 Å². The average Bonchev–Trinajstić information content (AvgIpc) is 0.825. The zero-order valence-corrected chi connectivity index (χ0v) is 51.1. The number of carbonyl (C=O) groups excluding carboxylic acids is 4. The largest absolute Gasteiger partial charge is 0.504 e. The van der Waals surface area contributed by atoms with E-state index in [1.807, 2.05) is 6.07 Å². The number of phenols is 6. The molecule has 4 aromatic rings. The number of hydrogen-bond acceptors (Lipinski definition) is 29. The van der Waals surface area contributed by atoms with Gasteiger partial charge in [-0.05, 0) is 75.6 Å². The molecule has 4 aliphatic heterocycles. The van der Waals surface area contributed by atoms with Crippen LogP contribution in [0, 0.1) is 85.8 Å². The van der Waals surface area contributed by atoms with E-state index in [1.54, 1.807) is 23.1 Å². The summed E-state index contributed by atoms with van der Waals surface area (Å²) in [5.41, 5.74) is 18.1. The number of phenolic OH excluding ortho intramolecular Hbond substituents is 6. The van der Waals surface area contributed by atoms with Gasteiger partial charge in [0, 0.05) is 92.3 Å². The van der Waals surface area contributed by atoms with Crippen molar-refractivity contribution < 1.29 is 83.7 Å². The number of piperidine rings is 2. The van der Waals surface area contributed by atoms with Crippen molar-refractivity contribution in [2.24, 2.45) is 22.9 Å². The number of aromatic hydroxyl groups is 6. The highest BCUT2D eigenvalue weighted by molar-refractivity contribution is 6.07. The summed E-state index contributed by atoms with van der Waals surface area (Å²) in [7, 11) is 2.61. The summed E-state index contributed by atoms with van der Waals surface area (Å²) < 4.78 is 15.3. The topological polar surface area (TPSA) is 602 Å². The third kappa shape index (κ3) is 17.2. The van der Waals surface area contributed by atoms with E-state index in [2.05, 4.69) is 0 Å². The summed E-state index contributed by atoms with van der Waals surface area (Å²) in [5, 5.41) is 138. The van der Waals surface area contributed by atoms with Crippen molar-refractivity contribution in [1.29, 1.82) is 21.0 Å². The second-order valence-corrected chi connectivity index (χ2v) is 20.8. The van der Waals surface area contributed by atoms with Crippen LogP contribution in [0.5, 0.6) is 46.0 Å². The zero-order valence-electron chi connectivity index (χ0n) is 51.1. The van der Waals surface area contributed by atoms with E-state index in [4.69, 9.17) is 42.4 Å². The van der Waals surface area contributed by atoms with Gasteiger partial charge in [0.1, 0.15) is 53.3 Å². The molecule has 0 atom stereocenters. The van der Waals surface area contributed by atoms with Crippen molar-refractivity contribution in [1.82, 2.24) is 19.6 Å². The number of nitro groups is 4. The second kappa shape index (κ2) is 33.2. The Labute approximate surface area is 543 Å². The molecule has 8 rings (SSSR count). The predicted octanol–water partition coefficient (Wildman–Crippen LogP) is 3.87. The van der Waals surface area contributed by atoms with Gasteiger partial charge in [0.15, 0.2) is 23.0 Å². The van der Waals surface area contributed by atoms with Crippen molar-refractivity contribution in [3.63, 3.8) is 0 Å². The van der Waals surface area contributed by atoms with Gasteiger partial charge in [-0.1, -0.05) is 0 Å². The third-order valence-corrected chi connectivity index (χ3v) is 14.8. The molecular weight excluding hydrogens is 1270 g/mol. The van der Waals surface area contributed by atoms with Crippen LogP contribution in [-0.2, 0) is 23.9 Å². The number of ether oxygens (including phenoxy) is 3. The Morgan fingerprint density at radius 3 is 0.958 bits per heavy atom. The summed E-state index contributed by atoms with van der Waals surface area (Å²) in [6, 6.07) is 15.0. The highest BCUT2D eigenvalue weighted by atomic mass is 16.6. The lowest BCUT2D eigenvalue weighted by Crippen LogP contribution is -2.43. The Bertz CT molecular complexity index is 3950. The fourth-order valence-electron chi connectivity index (χ4n) is 9.51. The van der Waals surface area contributed by atoms with Gasteiger partial charge in [0.25, 0.3) is 23.6 Å². The first-order valence-corrected chi connectivity index (χ1v) is 28.4. The van der Waals surface area contributed by atoms with Crippen LogP contribution in [0.2, 0.25) is 0 Å². The maximum absolute atomic E-state index is 12.6. The Kier molecular flexibility index (Phi) is 25.5. The molecule has 4 saturated heterocycles. The second-order valence-electron chi connectivity index (χ2n) is 20.8. The van der Waals surface area contributed by atoms with Gasteiger partial charge in [-0.15, -0.1) is 0 Å². The number of benzene rings is 4. The minimum Gasteiger partial charge on any atom is -0.504 e. The normalized spacial score (nSPS) is 15.1. The van der Waals surface area contributed by atoms with Crippen molar-refractivity contribution >= 4 is 69.2 Å². The van der Waals surface area contributed by atoms with Gasteiger partial charge >= 0.3 is 22.7 Å². The molecule has 37 nitrogen and oxygen atoms in total. The molecular formula is C59H62N16O21. The van der Waals surface area contributed by atoms with Gasteiger partial charge in [0.05, 0.1) is 63.3 Å². The number of likely N-dealkylation sites (tertiary alicyclic amines) is 3. The number of nitro benzene ring substituents is 4. The van der Waals surface area contributed by atoms with E-state index >= 15 is 0 Å². The summed E-state index contributed by atoms with van der Waals surface area (Å²) in [6.07, 6.45) is 6.87. The number of hydrogen-bond donors (Lipinski definition) is 10. The summed E-state index contributed by atoms with van der Waals surface area (Å²) in [4.78, 5) is 95.8. The quantitative estimate of drug-likeness (QED) is 0.0282. The number of rotatable bonds is 14. The van der Waals surface area contributed by atoms with Crippen LogP contribution in [0.4, 0.5) is 22.7 Å². The number of methoxy groups -OCH3 is 2. The summed E-state index contributed by atoms with van der Waals surface area (Å²) in [5.74, 6) is -7.29. The Morgan fingerprint density at radius 1 is 0.427 bits per heavy atom. The standard InChI is InChI=1S/C17H20N4O5.C15H16N4O5.C14H14N4O6.C13H12N4O5/c1-25-14-9-11(8-13(21(23)24)16(14)26-2)15(19)12(10-18)17(22)20-6-4-3-5-7-20;16-8-10(15(22)18-4-2-1-3-5-18)13(17)9-6-11(19(23)24)14(21)12(20)7-9;15-6-9(14(21)17-2-1-3-24-7-17)12(16)8-4-10(18(22)23)13(20)11(19)5-8;14-6-8(13(20)16-2-1-3-16)11(15)7-4-9(17(21)22)12(19)10(18)5-7/h8-9H,3-7,19H2,1-2H3;6-7,20-21H,1-5,17H2;4-5,19-20H,1-3,7,16H2;4-5,18-19H,1-3,15H2/b15-12-;13-10-;12-9-;11-8-. The van der Waals surface area contributed by atoms with Crippen molar-refractivity contribution in [2.45, 2.75) is 51.4 Å². The molecule has 0 aromatic heterocycles. The molecule has 4 aliphatic rings. The third-order valence-electron chi connectivity index (χ3n) is 14.8. The summed E-state index contributed by atoms with van der Waals surface area (Å²) in [6.45, 7) is 4.07. The molecule has 504 valence electrons. The molecule has 0 bridgehead atoms. The van der Waals surface area contributed by atoms with E-state index in [-0.39, 0.29) is 85.7 Å². The molecule has 0 saturated carbocycles. The van der Waals surface area contributed by atoms with Gasteiger partial charge in [0.2, 0.25) is 23.0 Å². The molecule has 96 heavy (non-hydrogen) atoms. The Balaban J connectivity index is 0.000000232. The average molecular weight is 1330 g/mol. The predicted molar refractivity (Wildman–Crippen MR) is 332 cm³/mol. The molecule has 4 amide bonds. The Hall–Kier alpha value is -13.2. The van der Waals surface area contributed by atoms with E-state index in [9.17, 15) is 106 Å². The minimum absolute atomic E-state index is 0.0122. The van der Waals surface area contributed by atoms with E-state index < -0.39 is 100 Å². The lowest BCUT2D eigenvalue weighted by molar-refractivity contribution is -0.386. The Morgan fingerprint density at radius 2 is 0.708 bits per heavy atom. The van der Waals surface area contributed by atoms with Gasteiger partial charge in [-0.3, -0.25) is 59.6 Å². The SMILES string of the molecule is COc1cc(/C(N)=C(\C#N)C(=O)N2CCCCC2)cc([N+](=O)[O-])c1OC.N#C/C(C(=O)N1CCC1)=C(/N)c1cc(O)c(O)c([N+](=O)[O-])c1.N#C/C(C(=O)N1CCCCC1)=C(/N)c1cc(O)c(O)c([N+](=O)[O-])c1.N#C/C(C(=O)N1CCCOC1)=C(/N)c1cc(O)c(O)c([N+](=O)[O-])c1. The van der Waals surface area contributed by atoms with Crippen LogP contribution < -0.4 is 32.4 Å². The monoisotopic (exact) mass is 1330 g/mol. The number of nitriles is 4. The van der Waals surface area contributed by atoms with Crippen molar-refractivity contribution in [2.75, 3.05) is 73.4 Å². The number of nitrogens with zero attached hydrogens (tertiary/aromatic N) is 12. The molecule has 0 radical (unpaired) electrons. The fourth-order valence-corrected chi connectivity index (χ4v) is 9.51. The van der Waals surface area contributed by atoms with Gasteiger partial charge in [-0.2, -0.15) is 21.0 Å². The molecule has 37 heteroatoms. The lowest BCUT2D eigenvalue weighted by atomic mass is 10.0. The first kappa shape index (κ1) is 73.6. The first-order valence-electron chi connectivity index (χ1n) is 28.4. The molecule has 14 N–H and O–H groups in total. The number of nitrogens with two attached hydrogens (primary N) is 4. The van der Waals surface area contributed by atoms with Crippen LogP contribution in [0.3, 0.4) is 0 Å². The highest BCUT2D eigenvalue weighted by Crippen LogP contribution is 2.42.